The van der Waals surface area contributed by atoms with Crippen molar-refractivity contribution in [2.45, 2.75) is 19.8 Å². The number of hydrogen-bond acceptors (Lipinski definition) is 3. The van der Waals surface area contributed by atoms with E-state index in [4.69, 9.17) is 11.5 Å². The van der Waals surface area contributed by atoms with Crippen LogP contribution in [0.4, 0.5) is 5.69 Å². The first-order valence-corrected chi connectivity index (χ1v) is 6.60. The lowest BCUT2D eigenvalue weighted by molar-refractivity contribution is 0.100. The molecule has 4 N–H and O–H groups in total. The minimum Gasteiger partial charge on any atom is -0.398 e. The smallest absolute Gasteiger partial charge is 0.259 e. The maximum Gasteiger partial charge on any atom is 0.259 e. The number of amides is 1. The molecule has 3 nitrogen and oxygen atoms in total. The van der Waals surface area contributed by atoms with Crippen LogP contribution in [0.1, 0.15) is 35.0 Å². The second-order valence-electron chi connectivity index (χ2n) is 4.50. The third-order valence-electron chi connectivity index (χ3n) is 2.83. The SMILES string of the molecule is CC(C)c1cc(-c2ccccc2N)sc1C(N)=O. The Balaban J connectivity index is 2.57. The molecule has 0 saturated carbocycles. The number of carbonyl (C=O) groups is 1. The molecule has 0 saturated heterocycles. The van der Waals surface area contributed by atoms with Crippen molar-refractivity contribution < 1.29 is 4.79 Å². The Bertz CT molecular complexity index is 587. The van der Waals surface area contributed by atoms with Crippen LogP contribution in [-0.2, 0) is 0 Å². The van der Waals surface area contributed by atoms with E-state index >= 15 is 0 Å². The van der Waals surface area contributed by atoms with Crippen LogP contribution >= 0.6 is 11.3 Å². The van der Waals surface area contributed by atoms with Crippen molar-refractivity contribution >= 4 is 22.9 Å². The predicted octanol–water partition coefficient (Wildman–Crippen LogP) is 3.22. The zero-order valence-corrected chi connectivity index (χ0v) is 11.3. The van der Waals surface area contributed by atoms with Gasteiger partial charge in [0.2, 0.25) is 0 Å². The van der Waals surface area contributed by atoms with Gasteiger partial charge in [0.25, 0.3) is 5.91 Å². The van der Waals surface area contributed by atoms with Gasteiger partial charge in [0.15, 0.2) is 0 Å². The molecule has 1 aromatic carbocycles. The van der Waals surface area contributed by atoms with Gasteiger partial charge in [0, 0.05) is 16.1 Å². The van der Waals surface area contributed by atoms with E-state index in [-0.39, 0.29) is 11.8 Å². The van der Waals surface area contributed by atoms with Crippen molar-refractivity contribution in [1.29, 1.82) is 0 Å². The summed E-state index contributed by atoms with van der Waals surface area (Å²) in [4.78, 5) is 13.1. The maximum absolute atomic E-state index is 11.5. The van der Waals surface area contributed by atoms with Gasteiger partial charge in [0.1, 0.15) is 0 Å². The highest BCUT2D eigenvalue weighted by atomic mass is 32.1. The molecular formula is C14H16N2OS. The van der Waals surface area contributed by atoms with Gasteiger partial charge in [-0.1, -0.05) is 32.0 Å². The summed E-state index contributed by atoms with van der Waals surface area (Å²) in [6.07, 6.45) is 0. The van der Waals surface area contributed by atoms with Gasteiger partial charge in [-0.3, -0.25) is 4.79 Å². The van der Waals surface area contributed by atoms with Crippen LogP contribution in [0.5, 0.6) is 0 Å². The number of primary amides is 1. The van der Waals surface area contributed by atoms with Gasteiger partial charge in [-0.15, -0.1) is 11.3 Å². The van der Waals surface area contributed by atoms with Gasteiger partial charge in [-0.2, -0.15) is 0 Å². The molecule has 0 bridgehead atoms. The highest BCUT2D eigenvalue weighted by Crippen LogP contribution is 2.37. The first-order chi connectivity index (χ1) is 8.50. The minimum atomic E-state index is -0.371. The summed E-state index contributed by atoms with van der Waals surface area (Å²) in [7, 11) is 0. The van der Waals surface area contributed by atoms with Gasteiger partial charge in [0.05, 0.1) is 4.88 Å². The van der Waals surface area contributed by atoms with Crippen LogP contribution in [0.15, 0.2) is 30.3 Å². The molecule has 0 aliphatic rings. The van der Waals surface area contributed by atoms with Crippen LogP contribution < -0.4 is 11.5 Å². The van der Waals surface area contributed by atoms with E-state index in [9.17, 15) is 4.79 Å². The molecule has 1 aromatic heterocycles. The number of para-hydroxylation sites is 1. The van der Waals surface area contributed by atoms with E-state index in [1.54, 1.807) is 0 Å². The molecule has 1 amide bonds. The Labute approximate surface area is 110 Å². The average Bonchev–Trinajstić information content (AvgIpc) is 2.74. The second kappa shape index (κ2) is 4.82. The quantitative estimate of drug-likeness (QED) is 0.832. The number of hydrogen-bond donors (Lipinski definition) is 2. The van der Waals surface area contributed by atoms with E-state index in [0.717, 1.165) is 16.0 Å². The van der Waals surface area contributed by atoms with Crippen molar-refractivity contribution in [2.75, 3.05) is 5.73 Å². The van der Waals surface area contributed by atoms with E-state index in [1.165, 1.54) is 11.3 Å². The number of thiophene rings is 1. The summed E-state index contributed by atoms with van der Waals surface area (Å²) in [5, 5.41) is 0. The Morgan fingerprint density at radius 1 is 1.28 bits per heavy atom. The van der Waals surface area contributed by atoms with Crippen molar-refractivity contribution in [3.63, 3.8) is 0 Å². The van der Waals surface area contributed by atoms with Crippen LogP contribution in [0.3, 0.4) is 0 Å². The minimum absolute atomic E-state index is 0.266. The molecule has 1 heterocycles. The molecule has 0 aliphatic heterocycles. The third kappa shape index (κ3) is 2.24. The van der Waals surface area contributed by atoms with Gasteiger partial charge < -0.3 is 11.5 Å². The van der Waals surface area contributed by atoms with E-state index in [0.29, 0.717) is 10.6 Å². The van der Waals surface area contributed by atoms with Crippen LogP contribution in [-0.4, -0.2) is 5.91 Å². The zero-order chi connectivity index (χ0) is 13.3. The summed E-state index contributed by atoms with van der Waals surface area (Å²) in [5.74, 6) is -0.105. The highest BCUT2D eigenvalue weighted by Gasteiger charge is 2.17. The van der Waals surface area contributed by atoms with Crippen molar-refractivity contribution in [2.24, 2.45) is 5.73 Å². The molecule has 94 valence electrons. The lowest BCUT2D eigenvalue weighted by Gasteiger charge is -2.03. The van der Waals surface area contributed by atoms with E-state index in [1.807, 2.05) is 44.2 Å². The zero-order valence-electron chi connectivity index (χ0n) is 10.4. The average molecular weight is 260 g/mol. The lowest BCUT2D eigenvalue weighted by Crippen LogP contribution is -2.11. The van der Waals surface area contributed by atoms with Crippen LogP contribution in [0.2, 0.25) is 0 Å². The lowest BCUT2D eigenvalue weighted by atomic mass is 10.0. The first-order valence-electron chi connectivity index (χ1n) is 5.79. The number of nitrogens with two attached hydrogens (primary N) is 2. The molecule has 0 unspecified atom stereocenters. The Morgan fingerprint density at radius 2 is 1.94 bits per heavy atom. The fourth-order valence-corrected chi connectivity index (χ4v) is 3.10. The fourth-order valence-electron chi connectivity index (χ4n) is 1.88. The molecule has 0 aliphatic carbocycles. The van der Waals surface area contributed by atoms with Crippen molar-refractivity contribution in [3.05, 3.63) is 40.8 Å². The van der Waals surface area contributed by atoms with Crippen LogP contribution in [0, 0.1) is 0 Å². The van der Waals surface area contributed by atoms with Crippen molar-refractivity contribution in [1.82, 2.24) is 0 Å². The number of anilines is 1. The summed E-state index contributed by atoms with van der Waals surface area (Å²) >= 11 is 1.41. The highest BCUT2D eigenvalue weighted by molar-refractivity contribution is 7.17. The summed E-state index contributed by atoms with van der Waals surface area (Å²) in [6, 6.07) is 9.65. The number of rotatable bonds is 3. The molecule has 18 heavy (non-hydrogen) atoms. The summed E-state index contributed by atoms with van der Waals surface area (Å²) < 4.78 is 0. The number of nitrogen functional groups attached to an aromatic ring is 1. The molecule has 0 spiro atoms. The normalized spacial score (nSPS) is 10.8. The largest absolute Gasteiger partial charge is 0.398 e. The Hall–Kier alpha value is -1.81. The van der Waals surface area contributed by atoms with Crippen molar-refractivity contribution in [3.8, 4) is 10.4 Å². The molecule has 2 aromatic rings. The molecule has 0 fully saturated rings. The van der Waals surface area contributed by atoms with E-state index in [2.05, 4.69) is 0 Å². The second-order valence-corrected chi connectivity index (χ2v) is 5.55. The van der Waals surface area contributed by atoms with Crippen LogP contribution in [0.25, 0.3) is 10.4 Å². The Morgan fingerprint density at radius 3 is 2.44 bits per heavy atom. The molecule has 4 heteroatoms. The summed E-state index contributed by atoms with van der Waals surface area (Å²) in [6.45, 7) is 4.10. The first kappa shape index (κ1) is 12.6. The molecule has 2 rings (SSSR count). The van der Waals surface area contributed by atoms with Gasteiger partial charge in [-0.25, -0.2) is 0 Å². The standard InChI is InChI=1S/C14H16N2OS/c1-8(2)10-7-12(18-13(10)14(16)17)9-5-3-4-6-11(9)15/h3-8H,15H2,1-2H3,(H2,16,17). The molecular weight excluding hydrogens is 244 g/mol. The topological polar surface area (TPSA) is 69.1 Å². The third-order valence-corrected chi connectivity index (χ3v) is 4.03. The number of carbonyl (C=O) groups excluding carboxylic acids is 1. The summed E-state index contributed by atoms with van der Waals surface area (Å²) in [5.41, 5.74) is 14.0. The fraction of sp³-hybridized carbons (Fsp3) is 0.214. The monoisotopic (exact) mass is 260 g/mol. The molecule has 0 radical (unpaired) electrons. The predicted molar refractivity (Wildman–Crippen MR) is 76.8 cm³/mol. The maximum atomic E-state index is 11.5. The molecule has 0 atom stereocenters. The van der Waals surface area contributed by atoms with Gasteiger partial charge >= 0.3 is 0 Å². The van der Waals surface area contributed by atoms with E-state index < -0.39 is 0 Å². The number of benzene rings is 1. The Kier molecular flexibility index (Phi) is 3.39. The van der Waals surface area contributed by atoms with Gasteiger partial charge in [-0.05, 0) is 23.6 Å².